The van der Waals surface area contributed by atoms with Crippen LogP contribution in [0.5, 0.6) is 0 Å². The van der Waals surface area contributed by atoms with E-state index in [0.717, 1.165) is 29.7 Å². The van der Waals surface area contributed by atoms with Gasteiger partial charge in [0.25, 0.3) is 0 Å². The molecular formula is C36H47F2N3O6S. The van der Waals surface area contributed by atoms with Crippen molar-refractivity contribution < 1.29 is 36.6 Å². The summed E-state index contributed by atoms with van der Waals surface area (Å²) in [5.41, 5.74) is 2.69. The van der Waals surface area contributed by atoms with Crippen molar-refractivity contribution in [2.45, 2.75) is 89.5 Å². The first-order valence-corrected chi connectivity index (χ1v) is 18.1. The van der Waals surface area contributed by atoms with Gasteiger partial charge in [-0.1, -0.05) is 88.2 Å². The number of hydrogen-bond donors (Lipinski definition) is 4. The Morgan fingerprint density at radius 2 is 1.46 bits per heavy atom. The van der Waals surface area contributed by atoms with Crippen molar-refractivity contribution in [2.75, 3.05) is 12.3 Å². The summed E-state index contributed by atoms with van der Waals surface area (Å²) in [6, 6.07) is 16.3. The van der Waals surface area contributed by atoms with Gasteiger partial charge in [-0.15, -0.1) is 0 Å². The summed E-state index contributed by atoms with van der Waals surface area (Å²) in [4.78, 5) is 26.7. The topological polar surface area (TPSA) is 134 Å². The minimum absolute atomic E-state index is 0.0776. The Balaban J connectivity index is 1.86. The molecule has 3 rings (SSSR count). The highest BCUT2D eigenvalue weighted by atomic mass is 32.2. The lowest BCUT2D eigenvalue weighted by Gasteiger charge is -2.28. The second-order valence-corrected chi connectivity index (χ2v) is 14.2. The molecule has 0 radical (unpaired) electrons. The molecule has 0 saturated heterocycles. The van der Waals surface area contributed by atoms with E-state index >= 15 is 0 Å². The van der Waals surface area contributed by atoms with Gasteiger partial charge in [0.1, 0.15) is 24.3 Å². The molecule has 2 amide bonds. The number of amides is 2. The van der Waals surface area contributed by atoms with E-state index in [1.54, 1.807) is 30.3 Å². The van der Waals surface area contributed by atoms with Crippen LogP contribution in [-0.4, -0.2) is 55.2 Å². The molecule has 0 aliphatic carbocycles. The molecule has 0 aliphatic rings. The molecule has 4 N–H and O–H groups in total. The average Bonchev–Trinajstić information content (AvgIpc) is 3.05. The van der Waals surface area contributed by atoms with Crippen LogP contribution >= 0.6 is 0 Å². The minimum Gasteiger partial charge on any atom is -0.445 e. The maximum atomic E-state index is 14.3. The quantitative estimate of drug-likeness (QED) is 0.131. The van der Waals surface area contributed by atoms with Gasteiger partial charge in [0.15, 0.2) is 9.84 Å². The Bertz CT molecular complexity index is 1550. The first-order chi connectivity index (χ1) is 22.9. The van der Waals surface area contributed by atoms with Gasteiger partial charge in [0.2, 0.25) is 5.91 Å². The number of hydrogen-bond acceptors (Lipinski definition) is 7. The largest absolute Gasteiger partial charge is 0.445 e. The van der Waals surface area contributed by atoms with Crippen LogP contribution in [0.1, 0.15) is 74.8 Å². The van der Waals surface area contributed by atoms with Crippen molar-refractivity contribution in [3.8, 4) is 0 Å². The lowest BCUT2D eigenvalue weighted by molar-refractivity contribution is -0.124. The fourth-order valence-electron chi connectivity index (χ4n) is 5.46. The van der Waals surface area contributed by atoms with E-state index < -0.39 is 62.7 Å². The fourth-order valence-corrected chi connectivity index (χ4v) is 7.62. The molecule has 0 spiro atoms. The zero-order chi connectivity index (χ0) is 35.1. The van der Waals surface area contributed by atoms with Crippen LogP contribution in [0, 0.1) is 11.6 Å². The van der Waals surface area contributed by atoms with Gasteiger partial charge >= 0.3 is 6.09 Å². The molecule has 0 heterocycles. The van der Waals surface area contributed by atoms with Crippen molar-refractivity contribution in [3.05, 3.63) is 107 Å². The van der Waals surface area contributed by atoms with E-state index in [-0.39, 0.29) is 18.7 Å². The Labute approximate surface area is 282 Å². The molecule has 0 fully saturated rings. The molecule has 0 unspecified atom stereocenters. The molecule has 262 valence electrons. The number of rotatable bonds is 19. The number of benzene rings is 3. The van der Waals surface area contributed by atoms with Crippen LogP contribution in [-0.2, 0) is 38.9 Å². The molecule has 12 heteroatoms. The van der Waals surface area contributed by atoms with Crippen molar-refractivity contribution in [1.29, 1.82) is 0 Å². The molecule has 3 aromatic carbocycles. The van der Waals surface area contributed by atoms with Crippen LogP contribution in [0.4, 0.5) is 13.6 Å². The zero-order valence-corrected chi connectivity index (χ0v) is 28.6. The van der Waals surface area contributed by atoms with Crippen molar-refractivity contribution in [3.63, 3.8) is 0 Å². The summed E-state index contributed by atoms with van der Waals surface area (Å²) < 4.78 is 61.1. The van der Waals surface area contributed by atoms with Crippen molar-refractivity contribution in [2.24, 2.45) is 0 Å². The molecular weight excluding hydrogens is 640 g/mol. The van der Waals surface area contributed by atoms with E-state index in [4.69, 9.17) is 4.74 Å². The summed E-state index contributed by atoms with van der Waals surface area (Å²) in [6.45, 7) is 5.91. The number of aliphatic hydroxyl groups is 1. The first kappa shape index (κ1) is 38.6. The molecule has 48 heavy (non-hydrogen) atoms. The number of carbonyl (C=O) groups is 2. The van der Waals surface area contributed by atoms with Gasteiger partial charge < -0.3 is 25.8 Å². The lowest BCUT2D eigenvalue weighted by atomic mass is 10.00. The number of nitrogens with one attached hydrogen (secondary N) is 3. The third-order valence-corrected chi connectivity index (χ3v) is 10.2. The maximum Gasteiger partial charge on any atom is 0.408 e. The molecule has 3 atom stereocenters. The lowest BCUT2D eigenvalue weighted by Crippen LogP contribution is -2.54. The van der Waals surface area contributed by atoms with Crippen LogP contribution in [0.15, 0.2) is 72.8 Å². The Morgan fingerprint density at radius 3 is 2.08 bits per heavy atom. The van der Waals surface area contributed by atoms with E-state index in [9.17, 15) is 31.9 Å². The molecule has 0 aliphatic heterocycles. The second kappa shape index (κ2) is 19.2. The number of halogens is 2. The number of ether oxygens (including phenoxy) is 1. The molecule has 3 aromatic rings. The third kappa shape index (κ3) is 12.3. The normalized spacial score (nSPS) is 13.5. The summed E-state index contributed by atoms with van der Waals surface area (Å²) in [5, 5.41) is 18.6. The standard InChI is InChI=1S/C36H47F2N3O6S/c1-4-11-31(12-5-2)48(45,46)24-32(40-36(44)47-23-26-13-8-7-9-14-26)35(43)41-34(28-18-29(37)20-30(38)19-28)33(42)22-39-21-27-16-10-15-25(6-3)17-27/h7-10,13-20,31-34,39,42H,4-6,11-12,21-24H2,1-3H3,(H,40,44)(H,41,43)/t32-,33+,34-/m0/s1. The summed E-state index contributed by atoms with van der Waals surface area (Å²) in [6.07, 6.45) is 0.365. The molecule has 0 aromatic heterocycles. The van der Waals surface area contributed by atoms with Gasteiger partial charge in [-0.2, -0.15) is 0 Å². The van der Waals surface area contributed by atoms with Crippen LogP contribution in [0.25, 0.3) is 0 Å². The molecule has 0 bridgehead atoms. The number of sulfone groups is 1. The summed E-state index contributed by atoms with van der Waals surface area (Å²) in [5.74, 6) is -3.56. The van der Waals surface area contributed by atoms with Crippen molar-refractivity contribution in [1.82, 2.24) is 16.0 Å². The number of aryl methyl sites for hydroxylation is 1. The monoisotopic (exact) mass is 687 g/mol. The highest BCUT2D eigenvalue weighted by molar-refractivity contribution is 7.92. The highest BCUT2D eigenvalue weighted by Crippen LogP contribution is 2.22. The van der Waals surface area contributed by atoms with Crippen LogP contribution in [0.2, 0.25) is 0 Å². The average molecular weight is 688 g/mol. The van der Waals surface area contributed by atoms with Crippen LogP contribution < -0.4 is 16.0 Å². The van der Waals surface area contributed by atoms with Gasteiger partial charge in [-0.25, -0.2) is 22.0 Å². The first-order valence-electron chi connectivity index (χ1n) is 16.4. The Hall–Kier alpha value is -3.87. The third-order valence-electron chi connectivity index (χ3n) is 7.96. The smallest absolute Gasteiger partial charge is 0.408 e. The minimum atomic E-state index is -3.91. The van der Waals surface area contributed by atoms with Gasteiger partial charge in [-0.3, -0.25) is 4.79 Å². The Kier molecular flexibility index (Phi) is 15.4. The van der Waals surface area contributed by atoms with Gasteiger partial charge in [0.05, 0.1) is 23.1 Å². The highest BCUT2D eigenvalue weighted by Gasteiger charge is 2.35. The number of alkyl carbamates (subject to hydrolysis) is 1. The SMILES string of the molecule is CCCC(CCC)S(=O)(=O)C[C@H](NC(=O)OCc1ccccc1)C(=O)N[C@@H](c1cc(F)cc(F)c1)[C@H](O)CNCc1cccc(CC)c1. The number of carbonyl (C=O) groups excluding carboxylic acids is 2. The van der Waals surface area contributed by atoms with Gasteiger partial charge in [0, 0.05) is 19.2 Å². The van der Waals surface area contributed by atoms with E-state index in [2.05, 4.69) is 16.0 Å². The van der Waals surface area contributed by atoms with Crippen LogP contribution in [0.3, 0.4) is 0 Å². The van der Waals surface area contributed by atoms with E-state index in [0.29, 0.717) is 43.9 Å². The maximum absolute atomic E-state index is 14.3. The Morgan fingerprint density at radius 1 is 0.833 bits per heavy atom. The zero-order valence-electron chi connectivity index (χ0n) is 27.8. The number of aliphatic hydroxyl groups excluding tert-OH is 1. The predicted octanol–water partition coefficient (Wildman–Crippen LogP) is 5.51. The molecule has 9 nitrogen and oxygen atoms in total. The summed E-state index contributed by atoms with van der Waals surface area (Å²) in [7, 11) is -3.91. The molecule has 0 saturated carbocycles. The van der Waals surface area contributed by atoms with Gasteiger partial charge in [-0.05, 0) is 53.6 Å². The second-order valence-electron chi connectivity index (χ2n) is 11.8. The van der Waals surface area contributed by atoms with E-state index in [1.807, 2.05) is 45.0 Å². The fraction of sp³-hybridized carbons (Fsp3) is 0.444. The van der Waals surface area contributed by atoms with Crippen molar-refractivity contribution >= 4 is 21.8 Å². The van der Waals surface area contributed by atoms with E-state index in [1.165, 1.54) is 0 Å². The predicted molar refractivity (Wildman–Crippen MR) is 182 cm³/mol. The summed E-state index contributed by atoms with van der Waals surface area (Å²) >= 11 is 0.